The lowest BCUT2D eigenvalue weighted by molar-refractivity contribution is 0.122. The van der Waals surface area contributed by atoms with Crippen LogP contribution >= 0.6 is 27.5 Å². The van der Waals surface area contributed by atoms with Crippen LogP contribution < -0.4 is 9.64 Å². The van der Waals surface area contributed by atoms with Gasteiger partial charge in [0.25, 0.3) is 6.43 Å². The number of hydrogen-bond acceptors (Lipinski definition) is 7. The minimum absolute atomic E-state index is 0.0422. The molecule has 0 radical (unpaired) electrons. The number of halogens is 4. The molecule has 12 heteroatoms. The highest BCUT2D eigenvalue weighted by Crippen LogP contribution is 2.34. The standard InChI is InChI=1S/C16H14BrClF2N6O2/c1-27-10-7-8(17)6-9-11(10)21-13(12(19)20)26(9)16-23-14(18)22-15(24-16)25-2-4-28-5-3-25/h6-7,12H,2-5H2,1H3. The summed E-state index contributed by atoms with van der Waals surface area (Å²) >= 11 is 9.44. The van der Waals surface area contributed by atoms with Gasteiger partial charge in [-0.15, -0.1) is 0 Å². The number of hydrogen-bond donors (Lipinski definition) is 0. The molecule has 0 amide bonds. The predicted octanol–water partition coefficient (Wildman–Crippen LogP) is 3.41. The number of methoxy groups -OCH3 is 1. The molecule has 3 heterocycles. The summed E-state index contributed by atoms with van der Waals surface area (Å²) in [7, 11) is 1.44. The van der Waals surface area contributed by atoms with E-state index < -0.39 is 12.2 Å². The second kappa shape index (κ2) is 7.72. The van der Waals surface area contributed by atoms with Gasteiger partial charge >= 0.3 is 0 Å². The number of aromatic nitrogens is 5. The van der Waals surface area contributed by atoms with Crippen molar-refractivity contribution in [2.75, 3.05) is 38.3 Å². The van der Waals surface area contributed by atoms with E-state index in [1.165, 1.54) is 11.7 Å². The van der Waals surface area contributed by atoms with E-state index in [4.69, 9.17) is 21.1 Å². The molecule has 0 atom stereocenters. The Labute approximate surface area is 171 Å². The van der Waals surface area contributed by atoms with Crippen LogP contribution in [0.15, 0.2) is 16.6 Å². The van der Waals surface area contributed by atoms with Crippen LogP contribution in [0.4, 0.5) is 14.7 Å². The number of alkyl halides is 2. The normalized spacial score (nSPS) is 14.9. The van der Waals surface area contributed by atoms with E-state index >= 15 is 0 Å². The van der Waals surface area contributed by atoms with Crippen LogP contribution in [0, 0.1) is 0 Å². The first-order chi connectivity index (χ1) is 13.5. The van der Waals surface area contributed by atoms with Crippen LogP contribution in [0.3, 0.4) is 0 Å². The van der Waals surface area contributed by atoms with E-state index in [9.17, 15) is 8.78 Å². The average Bonchev–Trinajstić information content (AvgIpc) is 3.07. The van der Waals surface area contributed by atoms with Crippen molar-refractivity contribution >= 4 is 44.5 Å². The second-order valence-corrected chi connectivity index (χ2v) is 7.14. The molecule has 1 aliphatic heterocycles. The smallest absolute Gasteiger partial charge is 0.296 e. The number of anilines is 1. The number of fused-ring (bicyclic) bond motifs is 1. The zero-order valence-corrected chi connectivity index (χ0v) is 16.9. The lowest BCUT2D eigenvalue weighted by atomic mass is 10.3. The summed E-state index contributed by atoms with van der Waals surface area (Å²) in [6.07, 6.45) is -2.86. The van der Waals surface area contributed by atoms with Gasteiger partial charge in [-0.1, -0.05) is 15.9 Å². The van der Waals surface area contributed by atoms with Crippen LogP contribution in [0.2, 0.25) is 5.28 Å². The Morgan fingerprint density at radius 1 is 1.14 bits per heavy atom. The number of nitrogens with zero attached hydrogens (tertiary/aromatic N) is 6. The van der Waals surface area contributed by atoms with Crippen molar-refractivity contribution in [1.29, 1.82) is 0 Å². The van der Waals surface area contributed by atoms with Crippen molar-refractivity contribution in [2.24, 2.45) is 0 Å². The van der Waals surface area contributed by atoms with Crippen molar-refractivity contribution in [3.8, 4) is 11.7 Å². The Morgan fingerprint density at radius 3 is 2.54 bits per heavy atom. The highest BCUT2D eigenvalue weighted by Gasteiger charge is 2.26. The van der Waals surface area contributed by atoms with Crippen LogP contribution in [0.1, 0.15) is 12.2 Å². The highest BCUT2D eigenvalue weighted by atomic mass is 79.9. The zero-order chi connectivity index (χ0) is 19.8. The van der Waals surface area contributed by atoms with Gasteiger partial charge in [0.2, 0.25) is 17.2 Å². The molecular weight excluding hydrogens is 462 g/mol. The fraction of sp³-hybridized carbons (Fsp3) is 0.375. The Balaban J connectivity index is 1.94. The van der Waals surface area contributed by atoms with Gasteiger partial charge in [0.1, 0.15) is 11.3 Å². The molecule has 28 heavy (non-hydrogen) atoms. The number of ether oxygens (including phenoxy) is 2. The summed E-state index contributed by atoms with van der Waals surface area (Å²) in [6.45, 7) is 2.15. The first-order valence-electron chi connectivity index (χ1n) is 8.26. The largest absolute Gasteiger partial charge is 0.494 e. The average molecular weight is 476 g/mol. The van der Waals surface area contributed by atoms with E-state index in [0.29, 0.717) is 48.0 Å². The number of imidazole rings is 1. The molecule has 8 nitrogen and oxygen atoms in total. The molecule has 4 rings (SSSR count). The van der Waals surface area contributed by atoms with E-state index in [2.05, 4.69) is 35.9 Å². The van der Waals surface area contributed by atoms with Crippen molar-refractivity contribution in [3.05, 3.63) is 27.7 Å². The second-order valence-electron chi connectivity index (χ2n) is 5.89. The number of morpholine rings is 1. The minimum Gasteiger partial charge on any atom is -0.494 e. The fourth-order valence-corrected chi connectivity index (χ4v) is 3.55. The first-order valence-corrected chi connectivity index (χ1v) is 9.43. The highest BCUT2D eigenvalue weighted by molar-refractivity contribution is 9.10. The van der Waals surface area contributed by atoms with Gasteiger partial charge in [0.05, 0.1) is 25.8 Å². The van der Waals surface area contributed by atoms with Crippen molar-refractivity contribution in [1.82, 2.24) is 24.5 Å². The Bertz CT molecular complexity index is 1030. The molecule has 0 N–H and O–H groups in total. The molecule has 1 saturated heterocycles. The number of rotatable bonds is 4. The van der Waals surface area contributed by atoms with Crippen molar-refractivity contribution in [3.63, 3.8) is 0 Å². The summed E-state index contributed by atoms with van der Waals surface area (Å²) in [4.78, 5) is 18.5. The summed E-state index contributed by atoms with van der Waals surface area (Å²) < 4.78 is 40.0. The third-order valence-electron chi connectivity index (χ3n) is 4.21. The number of benzene rings is 1. The maximum Gasteiger partial charge on any atom is 0.296 e. The van der Waals surface area contributed by atoms with E-state index in [0.717, 1.165) is 0 Å². The van der Waals surface area contributed by atoms with Crippen LogP contribution in [-0.4, -0.2) is 57.9 Å². The van der Waals surface area contributed by atoms with E-state index in [1.54, 1.807) is 12.1 Å². The Kier molecular flexibility index (Phi) is 5.30. The third-order valence-corrected chi connectivity index (χ3v) is 4.84. The van der Waals surface area contributed by atoms with Gasteiger partial charge in [0.15, 0.2) is 5.82 Å². The molecule has 3 aromatic rings. The maximum atomic E-state index is 13.8. The van der Waals surface area contributed by atoms with Gasteiger partial charge < -0.3 is 14.4 Å². The molecule has 0 bridgehead atoms. The molecule has 2 aromatic heterocycles. The van der Waals surface area contributed by atoms with Gasteiger partial charge in [-0.2, -0.15) is 15.0 Å². The van der Waals surface area contributed by atoms with Crippen molar-refractivity contribution in [2.45, 2.75) is 6.43 Å². The van der Waals surface area contributed by atoms with Crippen LogP contribution in [-0.2, 0) is 4.74 Å². The molecule has 148 valence electrons. The van der Waals surface area contributed by atoms with Gasteiger partial charge in [-0.3, -0.25) is 4.57 Å². The quantitative estimate of drug-likeness (QED) is 0.572. The Morgan fingerprint density at radius 2 is 1.86 bits per heavy atom. The Hall–Kier alpha value is -2.11. The van der Waals surface area contributed by atoms with Crippen LogP contribution in [0.5, 0.6) is 5.75 Å². The summed E-state index contributed by atoms with van der Waals surface area (Å²) in [5.41, 5.74) is 0.627. The molecule has 0 spiro atoms. The predicted molar refractivity (Wildman–Crippen MR) is 102 cm³/mol. The van der Waals surface area contributed by atoms with E-state index in [-0.39, 0.29) is 16.7 Å². The monoisotopic (exact) mass is 474 g/mol. The van der Waals surface area contributed by atoms with E-state index in [1.807, 2.05) is 4.90 Å². The summed E-state index contributed by atoms with van der Waals surface area (Å²) in [5.74, 6) is 0.0851. The first kappa shape index (κ1) is 19.2. The summed E-state index contributed by atoms with van der Waals surface area (Å²) in [6, 6.07) is 3.29. The van der Waals surface area contributed by atoms with Crippen molar-refractivity contribution < 1.29 is 18.3 Å². The van der Waals surface area contributed by atoms with Gasteiger partial charge in [-0.25, -0.2) is 13.8 Å². The van der Waals surface area contributed by atoms with Gasteiger partial charge in [0, 0.05) is 17.6 Å². The van der Waals surface area contributed by atoms with Crippen LogP contribution in [0.25, 0.3) is 17.0 Å². The molecule has 0 unspecified atom stereocenters. The maximum absolute atomic E-state index is 13.8. The molecular formula is C16H14BrClF2N6O2. The lowest BCUT2D eigenvalue weighted by Crippen LogP contribution is -2.37. The molecule has 0 saturated carbocycles. The minimum atomic E-state index is -2.86. The SMILES string of the molecule is COc1cc(Br)cc2c1nc(C(F)F)n2-c1nc(Cl)nc(N2CCOCC2)n1. The molecule has 1 fully saturated rings. The molecule has 1 aromatic carbocycles. The zero-order valence-electron chi connectivity index (χ0n) is 14.6. The lowest BCUT2D eigenvalue weighted by Gasteiger charge is -2.26. The van der Waals surface area contributed by atoms with Gasteiger partial charge in [-0.05, 0) is 23.7 Å². The summed E-state index contributed by atoms with van der Waals surface area (Å²) in [5, 5.41) is -0.101. The fourth-order valence-electron chi connectivity index (χ4n) is 2.98. The molecule has 0 aliphatic carbocycles. The topological polar surface area (TPSA) is 78.2 Å². The molecule has 1 aliphatic rings. The third kappa shape index (κ3) is 3.49.